The van der Waals surface area contributed by atoms with E-state index in [1.807, 2.05) is 24.3 Å². The molecule has 0 amide bonds. The van der Waals surface area contributed by atoms with Gasteiger partial charge in [-0.25, -0.2) is 0 Å². The van der Waals surface area contributed by atoms with E-state index in [-0.39, 0.29) is 6.29 Å². The van der Waals surface area contributed by atoms with Gasteiger partial charge in [0, 0.05) is 14.2 Å². The van der Waals surface area contributed by atoms with Crippen molar-refractivity contribution in [1.29, 1.82) is 0 Å². The fourth-order valence-electron chi connectivity index (χ4n) is 1.38. The molecule has 0 bridgehead atoms. The Hall–Kier alpha value is -1.12. The zero-order valence-corrected chi connectivity index (χ0v) is 9.51. The lowest BCUT2D eigenvalue weighted by atomic mass is 10.0. The predicted molar refractivity (Wildman–Crippen MR) is 61.8 cm³/mol. The van der Waals surface area contributed by atoms with Crippen molar-refractivity contribution in [3.8, 4) is 0 Å². The van der Waals surface area contributed by atoms with E-state index in [4.69, 9.17) is 9.47 Å². The quantitative estimate of drug-likeness (QED) is 0.544. The van der Waals surface area contributed by atoms with Crippen molar-refractivity contribution in [2.24, 2.45) is 0 Å². The summed E-state index contributed by atoms with van der Waals surface area (Å²) in [5, 5.41) is 0. The Morgan fingerprint density at radius 1 is 1.00 bits per heavy atom. The van der Waals surface area contributed by atoms with Crippen molar-refractivity contribution in [2.45, 2.75) is 19.1 Å². The maximum atomic E-state index is 5.08. The Bertz CT molecular complexity index is 289. The molecule has 1 unspecified atom stereocenters. The van der Waals surface area contributed by atoms with E-state index >= 15 is 0 Å². The van der Waals surface area contributed by atoms with Crippen LogP contribution in [0.1, 0.15) is 18.4 Å². The number of allylic oxidation sites excluding steroid dienone is 1. The van der Waals surface area contributed by atoms with Gasteiger partial charge < -0.3 is 9.47 Å². The van der Waals surface area contributed by atoms with Crippen LogP contribution in [0.15, 0.2) is 42.5 Å². The number of hydrogen-bond acceptors (Lipinski definition) is 2. The van der Waals surface area contributed by atoms with Crippen LogP contribution in [-0.4, -0.2) is 20.5 Å². The van der Waals surface area contributed by atoms with Gasteiger partial charge in [0.25, 0.3) is 0 Å². The van der Waals surface area contributed by atoms with Gasteiger partial charge in [-0.05, 0) is 17.6 Å². The van der Waals surface area contributed by atoms with E-state index < -0.39 is 0 Å². The van der Waals surface area contributed by atoms with Crippen LogP contribution in [0, 0.1) is 0 Å². The number of ether oxygens (including phenoxy) is 2. The van der Waals surface area contributed by atoms with Gasteiger partial charge in [-0.2, -0.15) is 0 Å². The first kappa shape index (κ1) is 12.0. The second kappa shape index (κ2) is 6.38. The third-order valence-corrected chi connectivity index (χ3v) is 2.35. The van der Waals surface area contributed by atoms with Gasteiger partial charge in [-0.3, -0.25) is 0 Å². The smallest absolute Gasteiger partial charge is 0.176 e. The standard InChI is InChI=1S/C13H18O2/c1-11(9-10-13(14-2)15-3)12-7-5-4-6-8-12/h4-11,13H,1-3H3. The topological polar surface area (TPSA) is 18.5 Å². The summed E-state index contributed by atoms with van der Waals surface area (Å²) in [5.41, 5.74) is 1.29. The highest BCUT2D eigenvalue weighted by Crippen LogP contribution is 2.16. The SMILES string of the molecule is COC(C=CC(C)c1ccccc1)OC. The molecule has 0 aliphatic heterocycles. The molecule has 1 aromatic carbocycles. The van der Waals surface area contributed by atoms with E-state index in [2.05, 4.69) is 25.1 Å². The molecular weight excluding hydrogens is 188 g/mol. The lowest BCUT2D eigenvalue weighted by molar-refractivity contribution is -0.0668. The molecular formula is C13H18O2. The molecule has 0 aliphatic carbocycles. The minimum absolute atomic E-state index is 0.254. The number of benzene rings is 1. The molecule has 0 heterocycles. The molecule has 1 rings (SSSR count). The fraction of sp³-hybridized carbons (Fsp3) is 0.385. The van der Waals surface area contributed by atoms with E-state index in [0.717, 1.165) is 0 Å². The molecule has 0 aliphatic rings. The van der Waals surface area contributed by atoms with E-state index in [1.165, 1.54) is 5.56 Å². The van der Waals surface area contributed by atoms with Gasteiger partial charge in [0.1, 0.15) is 0 Å². The molecule has 0 spiro atoms. The summed E-state index contributed by atoms with van der Waals surface area (Å²) in [6.07, 6.45) is 3.76. The fourth-order valence-corrected chi connectivity index (χ4v) is 1.38. The minimum Gasteiger partial charge on any atom is -0.352 e. The van der Waals surface area contributed by atoms with Crippen molar-refractivity contribution >= 4 is 0 Å². The summed E-state index contributed by atoms with van der Waals surface area (Å²) in [4.78, 5) is 0. The molecule has 0 fully saturated rings. The van der Waals surface area contributed by atoms with Crippen molar-refractivity contribution < 1.29 is 9.47 Å². The van der Waals surface area contributed by atoms with E-state index in [9.17, 15) is 0 Å². The Morgan fingerprint density at radius 3 is 2.13 bits per heavy atom. The molecule has 2 nitrogen and oxygen atoms in total. The zero-order valence-electron chi connectivity index (χ0n) is 9.51. The van der Waals surface area contributed by atoms with Crippen LogP contribution in [0.2, 0.25) is 0 Å². The van der Waals surface area contributed by atoms with E-state index in [1.54, 1.807) is 14.2 Å². The van der Waals surface area contributed by atoms with Crippen molar-refractivity contribution in [3.63, 3.8) is 0 Å². The van der Waals surface area contributed by atoms with Crippen LogP contribution >= 0.6 is 0 Å². The van der Waals surface area contributed by atoms with Crippen LogP contribution in [0.5, 0.6) is 0 Å². The van der Waals surface area contributed by atoms with Crippen LogP contribution in [0.3, 0.4) is 0 Å². The molecule has 15 heavy (non-hydrogen) atoms. The van der Waals surface area contributed by atoms with Crippen LogP contribution in [-0.2, 0) is 9.47 Å². The molecule has 1 atom stereocenters. The minimum atomic E-state index is -0.254. The van der Waals surface area contributed by atoms with Crippen LogP contribution < -0.4 is 0 Å². The summed E-state index contributed by atoms with van der Waals surface area (Å²) >= 11 is 0. The van der Waals surface area contributed by atoms with Gasteiger partial charge >= 0.3 is 0 Å². The Morgan fingerprint density at radius 2 is 1.60 bits per heavy atom. The lowest BCUT2D eigenvalue weighted by Crippen LogP contribution is -2.09. The van der Waals surface area contributed by atoms with Crippen molar-refractivity contribution in [1.82, 2.24) is 0 Å². The zero-order chi connectivity index (χ0) is 11.1. The molecule has 82 valence electrons. The lowest BCUT2D eigenvalue weighted by Gasteiger charge is -2.10. The first-order valence-corrected chi connectivity index (χ1v) is 5.06. The Labute approximate surface area is 91.5 Å². The second-order valence-corrected chi connectivity index (χ2v) is 3.42. The summed E-state index contributed by atoms with van der Waals surface area (Å²) in [7, 11) is 3.26. The van der Waals surface area contributed by atoms with Gasteiger partial charge in [-0.15, -0.1) is 0 Å². The predicted octanol–water partition coefficient (Wildman–Crippen LogP) is 2.97. The largest absolute Gasteiger partial charge is 0.352 e. The third kappa shape index (κ3) is 3.86. The molecule has 0 saturated carbocycles. The van der Waals surface area contributed by atoms with Crippen LogP contribution in [0.25, 0.3) is 0 Å². The summed E-state index contributed by atoms with van der Waals surface area (Å²) in [6, 6.07) is 10.3. The van der Waals surface area contributed by atoms with Gasteiger partial charge in [0.2, 0.25) is 0 Å². The Balaban J connectivity index is 2.59. The number of hydrogen-bond donors (Lipinski definition) is 0. The van der Waals surface area contributed by atoms with Crippen molar-refractivity contribution in [3.05, 3.63) is 48.0 Å². The molecule has 0 radical (unpaired) electrons. The maximum Gasteiger partial charge on any atom is 0.176 e. The number of methoxy groups -OCH3 is 2. The van der Waals surface area contributed by atoms with Gasteiger partial charge in [0.15, 0.2) is 6.29 Å². The molecule has 0 N–H and O–H groups in total. The summed E-state index contributed by atoms with van der Waals surface area (Å²) < 4.78 is 10.2. The summed E-state index contributed by atoms with van der Waals surface area (Å²) in [6.45, 7) is 2.15. The van der Waals surface area contributed by atoms with Crippen molar-refractivity contribution in [2.75, 3.05) is 14.2 Å². The van der Waals surface area contributed by atoms with Gasteiger partial charge in [0.05, 0.1) is 0 Å². The highest BCUT2D eigenvalue weighted by molar-refractivity contribution is 5.22. The average molecular weight is 206 g/mol. The molecule has 2 heteroatoms. The average Bonchev–Trinajstić information content (AvgIpc) is 2.31. The maximum absolute atomic E-state index is 5.08. The molecule has 0 aromatic heterocycles. The highest BCUT2D eigenvalue weighted by Gasteiger charge is 2.02. The van der Waals surface area contributed by atoms with Gasteiger partial charge in [-0.1, -0.05) is 43.3 Å². The summed E-state index contributed by atoms with van der Waals surface area (Å²) in [5.74, 6) is 0.374. The molecule has 1 aromatic rings. The Kier molecular flexibility index (Phi) is 5.08. The van der Waals surface area contributed by atoms with E-state index in [0.29, 0.717) is 5.92 Å². The number of rotatable bonds is 5. The second-order valence-electron chi connectivity index (χ2n) is 3.42. The molecule has 0 saturated heterocycles. The normalized spacial score (nSPS) is 13.6. The first-order valence-electron chi connectivity index (χ1n) is 5.06. The third-order valence-electron chi connectivity index (χ3n) is 2.35. The highest BCUT2D eigenvalue weighted by atomic mass is 16.7. The van der Waals surface area contributed by atoms with Crippen LogP contribution in [0.4, 0.5) is 0 Å². The monoisotopic (exact) mass is 206 g/mol. The first-order chi connectivity index (χ1) is 7.27.